The highest BCUT2D eigenvalue weighted by atomic mass is 16.2. The molecule has 266 valence electrons. The Kier molecular flexibility index (Phi) is 11.5. The molecule has 6 rings (SSSR count). The van der Waals surface area contributed by atoms with Gasteiger partial charge in [0.2, 0.25) is 23.6 Å². The average molecular weight is 685 g/mol. The van der Waals surface area contributed by atoms with E-state index in [0.29, 0.717) is 42.9 Å². The Bertz CT molecular complexity index is 1650. The van der Waals surface area contributed by atoms with Crippen LogP contribution in [0.5, 0.6) is 0 Å². The lowest BCUT2D eigenvalue weighted by atomic mass is 9.85. The molecule has 0 aromatic heterocycles. The lowest BCUT2D eigenvalue weighted by molar-refractivity contribution is -0.142. The largest absolute Gasteiger partial charge is 0.384 e. The van der Waals surface area contributed by atoms with E-state index in [1.54, 1.807) is 23.2 Å². The molecule has 2 atom stereocenters. The topological polar surface area (TPSA) is 149 Å². The summed E-state index contributed by atoms with van der Waals surface area (Å²) in [4.78, 5) is 77.0. The van der Waals surface area contributed by atoms with E-state index in [0.717, 1.165) is 42.6 Å². The molecule has 2 fully saturated rings. The number of anilines is 1. The van der Waals surface area contributed by atoms with E-state index in [4.69, 9.17) is 0 Å². The molecule has 4 heterocycles. The van der Waals surface area contributed by atoms with E-state index < -0.39 is 23.8 Å². The van der Waals surface area contributed by atoms with Gasteiger partial charge in [0.05, 0.1) is 17.2 Å². The van der Waals surface area contributed by atoms with Gasteiger partial charge in [0.15, 0.2) is 0 Å². The highest BCUT2D eigenvalue weighted by molar-refractivity contribution is 6.25. The number of benzene rings is 2. The van der Waals surface area contributed by atoms with Crippen molar-refractivity contribution in [2.75, 3.05) is 25.0 Å². The Hall–Kier alpha value is -4.87. The quantitative estimate of drug-likeness (QED) is 0.356. The third-order valence-electron chi connectivity index (χ3n) is 10.1. The van der Waals surface area contributed by atoms with Gasteiger partial charge in [-0.3, -0.25) is 39.0 Å². The highest BCUT2D eigenvalue weighted by Gasteiger charge is 2.45. The van der Waals surface area contributed by atoms with Crippen molar-refractivity contribution in [3.63, 3.8) is 0 Å². The second kappa shape index (κ2) is 15.8. The molecular weight excluding hydrogens is 636 g/mol. The summed E-state index contributed by atoms with van der Waals surface area (Å²) in [7, 11) is 0. The molecule has 2 unspecified atom stereocenters. The van der Waals surface area contributed by atoms with Crippen LogP contribution in [0.15, 0.2) is 53.6 Å². The van der Waals surface area contributed by atoms with Gasteiger partial charge in [-0.2, -0.15) is 5.10 Å². The number of hydrazone groups is 1. The molecule has 50 heavy (non-hydrogen) atoms. The van der Waals surface area contributed by atoms with Gasteiger partial charge in [-0.25, -0.2) is 5.01 Å². The number of likely N-dealkylation sites (tertiary alicyclic amines) is 1. The number of carbonyl (C=O) groups is 6. The summed E-state index contributed by atoms with van der Waals surface area (Å²) in [5, 5.41) is 11.3. The third kappa shape index (κ3) is 7.95. The molecule has 12 nitrogen and oxygen atoms in total. The minimum Gasteiger partial charge on any atom is -0.384 e. The summed E-state index contributed by atoms with van der Waals surface area (Å²) in [6.07, 6.45) is 6.77. The minimum atomic E-state index is -0.931. The predicted octanol–water partition coefficient (Wildman–Crippen LogP) is 4.92. The van der Waals surface area contributed by atoms with Gasteiger partial charge in [0, 0.05) is 56.7 Å². The second-order valence-electron chi connectivity index (χ2n) is 14.1. The van der Waals surface area contributed by atoms with Crippen molar-refractivity contribution >= 4 is 47.3 Å². The first kappa shape index (κ1) is 36.4. The zero-order valence-corrected chi connectivity index (χ0v) is 29.4. The lowest BCUT2D eigenvalue weighted by Crippen LogP contribution is -2.54. The standard InChI is InChI=1S/C22H31N3O2.C16H17N3O4/c1-4-22(2,3)16-20(26)24-14-11-18(12-15-24)21(27)25-19(10-13-23-25)17-8-6-5-7-9-17;1-2-8-17-10-5-3-4-9-13(10)16(23)19(15(9)22)11-6-7-12(20)18-14(11)21/h5-9,13,18-19H,4,10-12,14-16H2,1-3H3;3-5,11,17H,2,6-8H2,1H3,(H,18,20,21). The van der Waals surface area contributed by atoms with Gasteiger partial charge in [-0.05, 0) is 48.8 Å². The Morgan fingerprint density at radius 3 is 2.30 bits per heavy atom. The number of nitrogens with one attached hydrogen (secondary N) is 2. The number of fused-ring (bicyclic) bond motifs is 1. The number of hydrogen-bond acceptors (Lipinski definition) is 8. The summed E-state index contributed by atoms with van der Waals surface area (Å²) < 4.78 is 0. The number of nitrogens with zero attached hydrogens (tertiary/aromatic N) is 4. The number of piperidine rings is 2. The Labute approximate surface area is 293 Å². The van der Waals surface area contributed by atoms with Gasteiger partial charge in [0.1, 0.15) is 6.04 Å². The van der Waals surface area contributed by atoms with Gasteiger partial charge in [-0.1, -0.05) is 70.5 Å². The number of rotatable bonds is 9. The van der Waals surface area contributed by atoms with Gasteiger partial charge < -0.3 is 10.2 Å². The smallest absolute Gasteiger partial charge is 0.264 e. The molecule has 4 aliphatic rings. The fraction of sp³-hybridized carbons (Fsp3) is 0.500. The summed E-state index contributed by atoms with van der Waals surface area (Å²) >= 11 is 0. The van der Waals surface area contributed by atoms with Crippen LogP contribution in [0.25, 0.3) is 0 Å². The first-order chi connectivity index (χ1) is 24.0. The fourth-order valence-corrected chi connectivity index (χ4v) is 6.71. The van der Waals surface area contributed by atoms with Crippen molar-refractivity contribution in [2.45, 2.75) is 91.1 Å². The van der Waals surface area contributed by atoms with Crippen molar-refractivity contribution < 1.29 is 28.8 Å². The second-order valence-corrected chi connectivity index (χ2v) is 14.1. The number of amides is 6. The lowest BCUT2D eigenvalue weighted by Gasteiger charge is -2.35. The Morgan fingerprint density at radius 1 is 0.920 bits per heavy atom. The van der Waals surface area contributed by atoms with Crippen LogP contribution in [0.3, 0.4) is 0 Å². The fourth-order valence-electron chi connectivity index (χ4n) is 6.71. The van der Waals surface area contributed by atoms with Crippen molar-refractivity contribution in [1.82, 2.24) is 20.1 Å². The maximum atomic E-state index is 13.0. The monoisotopic (exact) mass is 684 g/mol. The zero-order valence-electron chi connectivity index (χ0n) is 29.4. The molecule has 2 aromatic carbocycles. The molecule has 4 aliphatic heterocycles. The zero-order chi connectivity index (χ0) is 36.0. The van der Waals surface area contributed by atoms with Crippen molar-refractivity contribution in [1.29, 1.82) is 0 Å². The van der Waals surface area contributed by atoms with E-state index >= 15 is 0 Å². The molecule has 0 bridgehead atoms. The highest BCUT2D eigenvalue weighted by Crippen LogP contribution is 2.34. The Morgan fingerprint density at radius 2 is 1.64 bits per heavy atom. The molecule has 0 aliphatic carbocycles. The molecule has 6 amide bonds. The molecule has 0 spiro atoms. The van der Waals surface area contributed by atoms with Crippen molar-refractivity contribution in [3.8, 4) is 0 Å². The van der Waals surface area contributed by atoms with Crippen LogP contribution < -0.4 is 10.6 Å². The SMILES string of the molecule is CCC(C)(C)CC(=O)N1CCC(C(=O)N2N=CCC2c2ccccc2)CC1.CCCNc1cccc2c1C(=O)N(C1CCC(=O)NC1=O)C2=O. The summed E-state index contributed by atoms with van der Waals surface area (Å²) in [6, 6.07) is 14.2. The first-order valence-electron chi connectivity index (χ1n) is 17.7. The maximum Gasteiger partial charge on any atom is 0.264 e. The number of hydrogen-bond donors (Lipinski definition) is 2. The number of imide groups is 2. The predicted molar refractivity (Wildman–Crippen MR) is 189 cm³/mol. The van der Waals surface area contributed by atoms with E-state index in [1.807, 2.05) is 36.2 Å². The van der Waals surface area contributed by atoms with Crippen LogP contribution in [0, 0.1) is 11.3 Å². The van der Waals surface area contributed by atoms with Crippen LogP contribution in [0.1, 0.15) is 111 Å². The molecular formula is C38H48N6O6. The molecule has 2 N–H and O–H groups in total. The molecule has 2 aromatic rings. The van der Waals surface area contributed by atoms with Crippen LogP contribution in [0.2, 0.25) is 0 Å². The molecule has 0 radical (unpaired) electrons. The third-order valence-corrected chi connectivity index (χ3v) is 10.1. The van der Waals surface area contributed by atoms with E-state index in [1.165, 1.54) is 0 Å². The minimum absolute atomic E-state index is 0.00344. The van der Waals surface area contributed by atoms with Gasteiger partial charge >= 0.3 is 0 Å². The van der Waals surface area contributed by atoms with E-state index in [2.05, 4.69) is 48.6 Å². The van der Waals surface area contributed by atoms with Crippen LogP contribution in [-0.4, -0.2) is 82.1 Å². The van der Waals surface area contributed by atoms with Crippen molar-refractivity contribution in [3.05, 3.63) is 65.2 Å². The summed E-state index contributed by atoms with van der Waals surface area (Å²) in [5.74, 6) is -1.69. The molecule has 0 saturated carbocycles. The first-order valence-corrected chi connectivity index (χ1v) is 17.7. The van der Waals surface area contributed by atoms with Gasteiger partial charge in [-0.15, -0.1) is 0 Å². The van der Waals surface area contributed by atoms with Crippen molar-refractivity contribution in [2.24, 2.45) is 16.4 Å². The van der Waals surface area contributed by atoms with E-state index in [9.17, 15) is 28.8 Å². The molecule has 2 saturated heterocycles. The van der Waals surface area contributed by atoms with Gasteiger partial charge in [0.25, 0.3) is 11.8 Å². The normalized spacial score (nSPS) is 20.8. The van der Waals surface area contributed by atoms with Crippen LogP contribution in [0.4, 0.5) is 5.69 Å². The van der Waals surface area contributed by atoms with Crippen LogP contribution in [-0.2, 0) is 19.2 Å². The maximum absolute atomic E-state index is 13.0. The van der Waals surface area contributed by atoms with Crippen LogP contribution >= 0.6 is 0 Å². The summed E-state index contributed by atoms with van der Waals surface area (Å²) in [5.41, 5.74) is 2.35. The Balaban J connectivity index is 0.000000197. The number of carbonyl (C=O) groups excluding carboxylic acids is 6. The average Bonchev–Trinajstić information content (AvgIpc) is 3.71. The van der Waals surface area contributed by atoms with E-state index in [-0.39, 0.29) is 47.9 Å². The molecule has 12 heteroatoms. The summed E-state index contributed by atoms with van der Waals surface area (Å²) in [6.45, 7) is 10.4.